The predicted molar refractivity (Wildman–Crippen MR) is 160 cm³/mol. The Morgan fingerprint density at radius 1 is 0.878 bits per heavy atom. The topological polar surface area (TPSA) is 149 Å². The van der Waals surface area contributed by atoms with Gasteiger partial charge < -0.3 is 26.8 Å². The van der Waals surface area contributed by atoms with Crippen LogP contribution in [0.2, 0.25) is 0 Å². The highest BCUT2D eigenvalue weighted by Crippen LogP contribution is 2.16. The van der Waals surface area contributed by atoms with Gasteiger partial charge in [0.2, 0.25) is 5.91 Å². The molecule has 0 aliphatic carbocycles. The van der Waals surface area contributed by atoms with Crippen molar-refractivity contribution in [1.82, 2.24) is 10.6 Å². The number of hydrogen-bond donors (Lipinski definition) is 4. The van der Waals surface area contributed by atoms with Crippen LogP contribution in [0.5, 0.6) is 0 Å². The number of ketones is 1. The maximum Gasteiger partial charge on any atom is 0.252 e. The smallest absolute Gasteiger partial charge is 0.252 e. The van der Waals surface area contributed by atoms with Crippen LogP contribution in [0.25, 0.3) is 0 Å². The van der Waals surface area contributed by atoms with E-state index >= 15 is 0 Å². The van der Waals surface area contributed by atoms with E-state index in [9.17, 15) is 14.4 Å². The number of hydrogen-bond acceptors (Lipinski definition) is 5. The second-order valence-corrected chi connectivity index (χ2v) is 9.95. The second-order valence-electron chi connectivity index (χ2n) is 9.95. The molecule has 9 nitrogen and oxygen atoms in total. The maximum absolute atomic E-state index is 13.6. The molecule has 0 heterocycles. The van der Waals surface area contributed by atoms with Crippen LogP contribution in [0, 0.1) is 5.92 Å². The third-order valence-corrected chi connectivity index (χ3v) is 6.77. The van der Waals surface area contributed by atoms with Crippen molar-refractivity contribution in [3.05, 3.63) is 102 Å². The van der Waals surface area contributed by atoms with E-state index in [0.29, 0.717) is 30.5 Å². The Balaban J connectivity index is 1.72. The number of nitrogens with zero attached hydrogens (tertiary/aromatic N) is 1. The van der Waals surface area contributed by atoms with Gasteiger partial charge in [0.1, 0.15) is 12.6 Å². The summed E-state index contributed by atoms with van der Waals surface area (Å²) < 4.78 is 5.69. The molecule has 0 saturated carbocycles. The van der Waals surface area contributed by atoms with Crippen LogP contribution < -0.4 is 22.1 Å². The molecule has 216 valence electrons. The van der Waals surface area contributed by atoms with E-state index in [4.69, 9.17) is 16.2 Å². The lowest BCUT2D eigenvalue weighted by Crippen LogP contribution is -2.54. The van der Waals surface area contributed by atoms with Gasteiger partial charge in [-0.3, -0.25) is 14.4 Å². The standard InChI is InChI=1S/C32H39N5O4/c1-3-22(2)29(37-30(39)25-15-10-16-26(19-25)35-32(33)34)31(40)36-27(18-17-23-11-6-4-7-12-23)28(38)21-41-20-24-13-8-5-9-14-24/h4-16,19,22,27,29H,3,17-18,20-21H2,1-2H3,(H,36,40)(H,37,39)(H4,33,34,35)/t22?,27-,29-/m0/s1. The largest absolute Gasteiger partial charge is 0.370 e. The van der Waals surface area contributed by atoms with Gasteiger partial charge in [0.25, 0.3) is 5.91 Å². The van der Waals surface area contributed by atoms with Gasteiger partial charge in [0, 0.05) is 5.56 Å². The number of nitrogens with one attached hydrogen (secondary N) is 2. The minimum Gasteiger partial charge on any atom is -0.370 e. The number of amides is 2. The van der Waals surface area contributed by atoms with Crippen molar-refractivity contribution in [3.8, 4) is 0 Å². The van der Waals surface area contributed by atoms with Crippen molar-refractivity contribution in [3.63, 3.8) is 0 Å². The molecular formula is C32H39N5O4. The average Bonchev–Trinajstić information content (AvgIpc) is 2.98. The molecule has 3 atom stereocenters. The Morgan fingerprint density at radius 3 is 2.17 bits per heavy atom. The summed E-state index contributed by atoms with van der Waals surface area (Å²) in [6.07, 6.45) is 1.62. The average molecular weight is 558 g/mol. The number of aliphatic imine (C=N–C) groups is 1. The fourth-order valence-electron chi connectivity index (χ4n) is 4.27. The number of carbonyl (C=O) groups is 3. The number of ether oxygens (including phenoxy) is 1. The highest BCUT2D eigenvalue weighted by molar-refractivity contribution is 5.99. The van der Waals surface area contributed by atoms with Gasteiger partial charge >= 0.3 is 0 Å². The second kappa shape index (κ2) is 15.9. The molecule has 41 heavy (non-hydrogen) atoms. The van der Waals surface area contributed by atoms with Gasteiger partial charge in [-0.2, -0.15) is 0 Å². The molecule has 6 N–H and O–H groups in total. The van der Waals surface area contributed by atoms with Crippen LogP contribution >= 0.6 is 0 Å². The number of nitrogens with two attached hydrogens (primary N) is 2. The third kappa shape index (κ3) is 10.2. The molecule has 0 aliphatic heterocycles. The van der Waals surface area contributed by atoms with Gasteiger partial charge in [-0.15, -0.1) is 0 Å². The highest BCUT2D eigenvalue weighted by atomic mass is 16.5. The van der Waals surface area contributed by atoms with Crippen LogP contribution in [0.3, 0.4) is 0 Å². The van der Waals surface area contributed by atoms with E-state index in [1.54, 1.807) is 18.2 Å². The van der Waals surface area contributed by atoms with Gasteiger partial charge in [-0.1, -0.05) is 87.0 Å². The molecule has 0 bridgehead atoms. The SMILES string of the molecule is CCC(C)[C@H](NC(=O)c1cccc(N=C(N)N)c1)C(=O)N[C@@H](CCc1ccccc1)C(=O)COCc1ccccc1. The van der Waals surface area contributed by atoms with Gasteiger partial charge in [-0.25, -0.2) is 4.99 Å². The zero-order valence-electron chi connectivity index (χ0n) is 23.6. The predicted octanol–water partition coefficient (Wildman–Crippen LogP) is 3.64. The summed E-state index contributed by atoms with van der Waals surface area (Å²) in [7, 11) is 0. The fourth-order valence-corrected chi connectivity index (χ4v) is 4.27. The first-order chi connectivity index (χ1) is 19.8. The first kappa shape index (κ1) is 31.0. The van der Waals surface area contributed by atoms with E-state index in [0.717, 1.165) is 11.1 Å². The lowest BCUT2D eigenvalue weighted by molar-refractivity contribution is -0.132. The zero-order chi connectivity index (χ0) is 29.6. The Labute approximate surface area is 241 Å². The van der Waals surface area contributed by atoms with Crippen molar-refractivity contribution in [2.45, 2.75) is 51.8 Å². The number of rotatable bonds is 15. The summed E-state index contributed by atoms with van der Waals surface area (Å²) in [4.78, 5) is 43.9. The first-order valence-corrected chi connectivity index (χ1v) is 13.8. The number of guanidine groups is 1. The molecular weight excluding hydrogens is 518 g/mol. The fraction of sp³-hybridized carbons (Fsp3) is 0.312. The van der Waals surface area contributed by atoms with E-state index in [-0.39, 0.29) is 30.9 Å². The number of aryl methyl sites for hydroxylation is 1. The summed E-state index contributed by atoms with van der Waals surface area (Å²) in [6, 6.07) is 24.2. The Bertz CT molecular complexity index is 1310. The highest BCUT2D eigenvalue weighted by Gasteiger charge is 2.30. The summed E-state index contributed by atoms with van der Waals surface area (Å²) >= 11 is 0. The molecule has 0 fully saturated rings. The van der Waals surface area contributed by atoms with Crippen LogP contribution in [-0.4, -0.2) is 42.2 Å². The van der Waals surface area contributed by atoms with Crippen molar-refractivity contribution >= 4 is 29.2 Å². The maximum atomic E-state index is 13.6. The number of carbonyl (C=O) groups excluding carboxylic acids is 3. The Morgan fingerprint density at radius 2 is 1.54 bits per heavy atom. The first-order valence-electron chi connectivity index (χ1n) is 13.8. The van der Waals surface area contributed by atoms with Crippen LogP contribution in [0.1, 0.15) is 48.2 Å². The van der Waals surface area contributed by atoms with Crippen LogP contribution in [0.15, 0.2) is 89.9 Å². The number of Topliss-reactive ketones (excluding diaryl/α,β-unsaturated/α-hetero) is 1. The van der Waals surface area contributed by atoms with E-state index in [1.165, 1.54) is 6.07 Å². The molecule has 0 radical (unpaired) electrons. The van der Waals surface area contributed by atoms with E-state index in [1.807, 2.05) is 74.5 Å². The van der Waals surface area contributed by atoms with E-state index < -0.39 is 23.9 Å². The van der Waals surface area contributed by atoms with Gasteiger partial charge in [-0.05, 0) is 48.1 Å². The Kier molecular flexibility index (Phi) is 12.1. The molecule has 0 aliphatic rings. The van der Waals surface area contributed by atoms with Crippen LogP contribution in [0.4, 0.5) is 5.69 Å². The molecule has 0 spiro atoms. The quantitative estimate of drug-likeness (QED) is 0.166. The summed E-state index contributed by atoms with van der Waals surface area (Å²) in [5.74, 6) is -1.43. The minimum absolute atomic E-state index is 0.127. The van der Waals surface area contributed by atoms with Gasteiger partial charge in [0.15, 0.2) is 11.7 Å². The summed E-state index contributed by atoms with van der Waals surface area (Å²) in [6.45, 7) is 3.96. The monoisotopic (exact) mass is 557 g/mol. The molecule has 0 saturated heterocycles. The van der Waals surface area contributed by atoms with Crippen LogP contribution in [-0.2, 0) is 27.4 Å². The van der Waals surface area contributed by atoms with Crippen molar-refractivity contribution < 1.29 is 19.1 Å². The van der Waals surface area contributed by atoms with Crippen molar-refractivity contribution in [2.75, 3.05) is 6.61 Å². The molecule has 3 rings (SSSR count). The summed E-state index contributed by atoms with van der Waals surface area (Å²) in [5.41, 5.74) is 13.6. The zero-order valence-corrected chi connectivity index (χ0v) is 23.6. The molecule has 3 aromatic carbocycles. The number of benzene rings is 3. The summed E-state index contributed by atoms with van der Waals surface area (Å²) in [5, 5.41) is 5.75. The van der Waals surface area contributed by atoms with Crippen molar-refractivity contribution in [2.24, 2.45) is 22.4 Å². The molecule has 0 aromatic heterocycles. The minimum atomic E-state index is -0.864. The lowest BCUT2D eigenvalue weighted by atomic mass is 9.96. The van der Waals surface area contributed by atoms with Gasteiger partial charge in [0.05, 0.1) is 18.3 Å². The van der Waals surface area contributed by atoms with E-state index in [2.05, 4.69) is 15.6 Å². The molecule has 2 amide bonds. The lowest BCUT2D eigenvalue weighted by Gasteiger charge is -2.26. The molecule has 9 heteroatoms. The third-order valence-electron chi connectivity index (χ3n) is 6.77. The molecule has 3 aromatic rings. The normalized spacial score (nSPS) is 12.9. The van der Waals surface area contributed by atoms with Crippen molar-refractivity contribution in [1.29, 1.82) is 0 Å². The Hall–Kier alpha value is -4.50. The molecule has 1 unspecified atom stereocenters.